The van der Waals surface area contributed by atoms with Gasteiger partial charge in [-0.2, -0.15) is 4.31 Å². The van der Waals surface area contributed by atoms with Crippen LogP contribution in [0, 0.1) is 0 Å². The summed E-state index contributed by atoms with van der Waals surface area (Å²) in [4.78, 5) is 13.6. The average molecular weight is 277 g/mol. The van der Waals surface area contributed by atoms with Crippen LogP contribution in [0.1, 0.15) is 25.7 Å². The summed E-state index contributed by atoms with van der Waals surface area (Å²) < 4.78 is 24.1. The lowest BCUT2D eigenvalue weighted by Gasteiger charge is -2.33. The Morgan fingerprint density at radius 3 is 2.22 bits per heavy atom. The monoisotopic (exact) mass is 277 g/mol. The maximum Gasteiger partial charge on any atom is 0.222 e. The largest absolute Gasteiger partial charge is 0.340 e. The first kappa shape index (κ1) is 15.4. The second-order valence-electron chi connectivity index (χ2n) is 4.64. The van der Waals surface area contributed by atoms with Crippen molar-refractivity contribution in [3.05, 3.63) is 0 Å². The van der Waals surface area contributed by atoms with Crippen LogP contribution >= 0.6 is 0 Å². The minimum atomic E-state index is -3.12. The molecule has 2 N–H and O–H groups in total. The van der Waals surface area contributed by atoms with Crippen LogP contribution in [0.4, 0.5) is 0 Å². The molecule has 1 heterocycles. The highest BCUT2D eigenvalue weighted by atomic mass is 32.2. The minimum Gasteiger partial charge on any atom is -0.340 e. The third-order valence-electron chi connectivity index (χ3n) is 3.16. The molecule has 0 aromatic heterocycles. The highest BCUT2D eigenvalue weighted by Crippen LogP contribution is 2.09. The van der Waals surface area contributed by atoms with Gasteiger partial charge in [0.15, 0.2) is 0 Å². The summed E-state index contributed by atoms with van der Waals surface area (Å²) in [7, 11) is -3.12. The fourth-order valence-electron chi connectivity index (χ4n) is 2.02. The van der Waals surface area contributed by atoms with E-state index in [-0.39, 0.29) is 5.91 Å². The van der Waals surface area contributed by atoms with Crippen molar-refractivity contribution in [2.75, 3.05) is 39.0 Å². The first-order valence-corrected chi connectivity index (χ1v) is 8.23. The molecule has 6 nitrogen and oxygen atoms in total. The summed E-state index contributed by atoms with van der Waals surface area (Å²) in [6, 6.07) is 0. The van der Waals surface area contributed by atoms with Gasteiger partial charge in [0.25, 0.3) is 0 Å². The molecule has 0 aromatic rings. The first-order chi connectivity index (χ1) is 8.45. The van der Waals surface area contributed by atoms with Crippen LogP contribution in [0.5, 0.6) is 0 Å². The Labute approximate surface area is 109 Å². The topological polar surface area (TPSA) is 83.7 Å². The van der Waals surface area contributed by atoms with Crippen molar-refractivity contribution in [2.24, 2.45) is 5.73 Å². The van der Waals surface area contributed by atoms with Gasteiger partial charge in [0.2, 0.25) is 15.9 Å². The number of hydrogen-bond donors (Lipinski definition) is 1. The van der Waals surface area contributed by atoms with Gasteiger partial charge in [0, 0.05) is 32.6 Å². The summed E-state index contributed by atoms with van der Waals surface area (Å²) in [6.07, 6.45) is 4.54. The number of nitrogens with zero attached hydrogens (tertiary/aromatic N) is 2. The van der Waals surface area contributed by atoms with Gasteiger partial charge in [-0.25, -0.2) is 8.42 Å². The van der Waals surface area contributed by atoms with Gasteiger partial charge in [-0.15, -0.1) is 0 Å². The molecule has 0 atom stereocenters. The summed E-state index contributed by atoms with van der Waals surface area (Å²) in [5.41, 5.74) is 5.39. The van der Waals surface area contributed by atoms with Gasteiger partial charge in [0.05, 0.1) is 6.26 Å². The lowest BCUT2D eigenvalue weighted by Crippen LogP contribution is -2.50. The molecule has 0 aliphatic carbocycles. The summed E-state index contributed by atoms with van der Waals surface area (Å²) in [5, 5.41) is 0. The van der Waals surface area contributed by atoms with Crippen LogP contribution in [0.3, 0.4) is 0 Å². The second-order valence-corrected chi connectivity index (χ2v) is 6.62. The van der Waals surface area contributed by atoms with Crippen LogP contribution < -0.4 is 5.73 Å². The van der Waals surface area contributed by atoms with Crippen molar-refractivity contribution in [3.8, 4) is 0 Å². The molecule has 1 saturated heterocycles. The summed E-state index contributed by atoms with van der Waals surface area (Å²) in [5.74, 6) is 0.125. The van der Waals surface area contributed by atoms with Crippen LogP contribution in [-0.2, 0) is 14.8 Å². The zero-order valence-electron chi connectivity index (χ0n) is 11.0. The normalized spacial score (nSPS) is 18.0. The molecular weight excluding hydrogens is 254 g/mol. The van der Waals surface area contributed by atoms with Crippen LogP contribution in [-0.4, -0.2) is 62.5 Å². The van der Waals surface area contributed by atoms with Crippen LogP contribution in [0.25, 0.3) is 0 Å². The standard InChI is InChI=1S/C11H23N3O3S/c1-18(16,17)14-9-7-13(8-10-14)11(15)5-3-2-4-6-12/h2-10,12H2,1H3. The van der Waals surface area contributed by atoms with Gasteiger partial charge in [-0.05, 0) is 19.4 Å². The molecule has 1 aliphatic heterocycles. The lowest BCUT2D eigenvalue weighted by molar-refractivity contribution is -0.132. The van der Waals surface area contributed by atoms with E-state index in [1.165, 1.54) is 10.6 Å². The Hall–Kier alpha value is -0.660. The third-order valence-corrected chi connectivity index (χ3v) is 4.46. The summed E-state index contributed by atoms with van der Waals surface area (Å²) in [6.45, 7) is 2.49. The van der Waals surface area contributed by atoms with Gasteiger partial charge in [-0.3, -0.25) is 4.79 Å². The molecule has 0 unspecified atom stereocenters. The molecule has 0 spiro atoms. The van der Waals surface area contributed by atoms with E-state index in [1.807, 2.05) is 0 Å². The molecule has 106 valence electrons. The van der Waals surface area contributed by atoms with Crippen molar-refractivity contribution >= 4 is 15.9 Å². The van der Waals surface area contributed by atoms with Gasteiger partial charge in [0.1, 0.15) is 0 Å². The van der Waals surface area contributed by atoms with Crippen molar-refractivity contribution in [1.29, 1.82) is 0 Å². The number of hydrogen-bond acceptors (Lipinski definition) is 4. The number of unbranched alkanes of at least 4 members (excludes halogenated alkanes) is 2. The van der Waals surface area contributed by atoms with E-state index in [2.05, 4.69) is 0 Å². The number of sulfonamides is 1. The maximum absolute atomic E-state index is 11.8. The van der Waals surface area contributed by atoms with Gasteiger partial charge >= 0.3 is 0 Å². The quantitative estimate of drug-likeness (QED) is 0.670. The van der Waals surface area contributed by atoms with E-state index in [0.717, 1.165) is 19.3 Å². The van der Waals surface area contributed by atoms with Crippen molar-refractivity contribution in [1.82, 2.24) is 9.21 Å². The van der Waals surface area contributed by atoms with Crippen LogP contribution in [0.15, 0.2) is 0 Å². The van der Waals surface area contributed by atoms with E-state index in [1.54, 1.807) is 4.90 Å². The molecule has 1 fully saturated rings. The van der Waals surface area contributed by atoms with E-state index >= 15 is 0 Å². The molecule has 0 radical (unpaired) electrons. The highest BCUT2D eigenvalue weighted by Gasteiger charge is 2.25. The predicted molar refractivity (Wildman–Crippen MR) is 70.5 cm³/mol. The summed E-state index contributed by atoms with van der Waals surface area (Å²) >= 11 is 0. The van der Waals surface area contributed by atoms with Crippen LogP contribution in [0.2, 0.25) is 0 Å². The fraction of sp³-hybridized carbons (Fsp3) is 0.909. The zero-order valence-corrected chi connectivity index (χ0v) is 11.8. The maximum atomic E-state index is 11.8. The van der Waals surface area contributed by atoms with E-state index < -0.39 is 10.0 Å². The molecule has 18 heavy (non-hydrogen) atoms. The Bertz CT molecular complexity index is 362. The molecule has 0 bridgehead atoms. The van der Waals surface area contributed by atoms with E-state index in [0.29, 0.717) is 39.1 Å². The lowest BCUT2D eigenvalue weighted by atomic mass is 10.1. The van der Waals surface area contributed by atoms with Crippen molar-refractivity contribution in [2.45, 2.75) is 25.7 Å². The Kier molecular flexibility index (Phi) is 6.04. The van der Waals surface area contributed by atoms with Crippen molar-refractivity contribution in [3.63, 3.8) is 0 Å². The minimum absolute atomic E-state index is 0.125. The number of amides is 1. The molecular formula is C11H23N3O3S. The Balaban J connectivity index is 2.28. The highest BCUT2D eigenvalue weighted by molar-refractivity contribution is 7.88. The number of rotatable bonds is 6. The van der Waals surface area contributed by atoms with E-state index in [9.17, 15) is 13.2 Å². The number of carbonyl (C=O) groups excluding carboxylic acids is 1. The Morgan fingerprint density at radius 2 is 1.72 bits per heavy atom. The smallest absolute Gasteiger partial charge is 0.222 e. The number of nitrogens with two attached hydrogens (primary N) is 1. The molecule has 1 rings (SSSR count). The van der Waals surface area contributed by atoms with Crippen molar-refractivity contribution < 1.29 is 13.2 Å². The number of carbonyl (C=O) groups is 1. The first-order valence-electron chi connectivity index (χ1n) is 6.38. The molecule has 0 saturated carbocycles. The molecule has 1 amide bonds. The SMILES string of the molecule is CS(=O)(=O)N1CCN(C(=O)CCCCCN)CC1. The fourth-order valence-corrected chi connectivity index (χ4v) is 2.85. The van der Waals surface area contributed by atoms with Gasteiger partial charge in [-0.1, -0.05) is 6.42 Å². The number of piperazine rings is 1. The molecule has 1 aliphatic rings. The zero-order chi connectivity index (χ0) is 13.6. The predicted octanol–water partition coefficient (Wildman–Crippen LogP) is -0.391. The van der Waals surface area contributed by atoms with Gasteiger partial charge < -0.3 is 10.6 Å². The molecule has 7 heteroatoms. The van der Waals surface area contributed by atoms with E-state index in [4.69, 9.17) is 5.73 Å². The Morgan fingerprint density at radius 1 is 1.11 bits per heavy atom. The average Bonchev–Trinajstić information content (AvgIpc) is 2.33. The third kappa shape index (κ3) is 4.91. The molecule has 0 aromatic carbocycles. The second kappa shape index (κ2) is 7.06.